The third-order valence-electron chi connectivity index (χ3n) is 3.35. The number of benzene rings is 1. The molecular weight excluding hydrogens is 282 g/mol. The Balaban J connectivity index is 2.32. The van der Waals surface area contributed by atoms with Gasteiger partial charge in [-0.25, -0.2) is 4.98 Å². The lowest BCUT2D eigenvalue weighted by molar-refractivity contribution is 0.632. The van der Waals surface area contributed by atoms with E-state index in [-0.39, 0.29) is 16.9 Å². The molecule has 4 nitrogen and oxygen atoms in total. The van der Waals surface area contributed by atoms with E-state index in [9.17, 15) is 4.79 Å². The predicted molar refractivity (Wildman–Crippen MR) is 87.6 cm³/mol. The number of aromatic nitrogens is 2. The number of thioether (sulfide) groups is 1. The molecule has 0 amide bonds. The summed E-state index contributed by atoms with van der Waals surface area (Å²) in [5.74, 6) is 0. The van der Waals surface area contributed by atoms with Crippen LogP contribution in [0.1, 0.15) is 35.4 Å². The zero-order chi connectivity index (χ0) is 15.4. The fourth-order valence-electron chi connectivity index (χ4n) is 2.10. The Labute approximate surface area is 129 Å². The summed E-state index contributed by atoms with van der Waals surface area (Å²) in [6.45, 7) is 5.95. The van der Waals surface area contributed by atoms with Gasteiger partial charge in [0.05, 0.1) is 5.25 Å². The number of nitrogens with one attached hydrogen (secondary N) is 1. The van der Waals surface area contributed by atoms with Gasteiger partial charge in [0.2, 0.25) is 0 Å². The summed E-state index contributed by atoms with van der Waals surface area (Å²) in [5, 5.41) is 0.690. The molecule has 21 heavy (non-hydrogen) atoms. The van der Waals surface area contributed by atoms with E-state index in [1.807, 2.05) is 6.92 Å². The predicted octanol–water partition coefficient (Wildman–Crippen LogP) is 2.96. The molecule has 0 saturated heterocycles. The van der Waals surface area contributed by atoms with Gasteiger partial charge in [0.15, 0.2) is 5.16 Å². The summed E-state index contributed by atoms with van der Waals surface area (Å²) in [7, 11) is 0. The minimum atomic E-state index is -0.127. The van der Waals surface area contributed by atoms with Crippen molar-refractivity contribution in [3.8, 4) is 0 Å². The highest BCUT2D eigenvalue weighted by Gasteiger charge is 2.21. The van der Waals surface area contributed by atoms with Crippen molar-refractivity contribution < 1.29 is 0 Å². The Hall–Kier alpha value is -1.59. The lowest BCUT2D eigenvalue weighted by Gasteiger charge is -2.22. The molecule has 0 aliphatic heterocycles. The second-order valence-corrected chi connectivity index (χ2v) is 6.34. The summed E-state index contributed by atoms with van der Waals surface area (Å²) < 4.78 is 0. The molecule has 0 fully saturated rings. The Morgan fingerprint density at radius 3 is 2.52 bits per heavy atom. The third kappa shape index (κ3) is 4.19. The topological polar surface area (TPSA) is 71.8 Å². The maximum atomic E-state index is 11.6. The van der Waals surface area contributed by atoms with Crippen molar-refractivity contribution in [2.45, 2.75) is 43.6 Å². The maximum absolute atomic E-state index is 11.6. The molecule has 0 aliphatic rings. The van der Waals surface area contributed by atoms with Crippen LogP contribution in [0.15, 0.2) is 40.3 Å². The zero-order valence-electron chi connectivity index (χ0n) is 12.6. The molecule has 2 unspecified atom stereocenters. The highest BCUT2D eigenvalue weighted by molar-refractivity contribution is 7.99. The lowest BCUT2D eigenvalue weighted by Crippen LogP contribution is -2.26. The van der Waals surface area contributed by atoms with E-state index in [2.05, 4.69) is 48.1 Å². The summed E-state index contributed by atoms with van der Waals surface area (Å²) in [5.41, 5.74) is 9.23. The van der Waals surface area contributed by atoms with Crippen molar-refractivity contribution in [2.75, 3.05) is 0 Å². The van der Waals surface area contributed by atoms with Crippen molar-refractivity contribution in [3.63, 3.8) is 0 Å². The number of nitrogens with zero attached hydrogens (tertiary/aromatic N) is 1. The Morgan fingerprint density at radius 1 is 1.29 bits per heavy atom. The highest BCUT2D eigenvalue weighted by Crippen LogP contribution is 2.36. The van der Waals surface area contributed by atoms with Crippen molar-refractivity contribution in [1.29, 1.82) is 0 Å². The summed E-state index contributed by atoms with van der Waals surface area (Å²) in [6, 6.07) is 9.84. The van der Waals surface area contributed by atoms with E-state index in [1.54, 1.807) is 0 Å². The van der Waals surface area contributed by atoms with Crippen LogP contribution in [0.25, 0.3) is 0 Å². The molecule has 1 aromatic heterocycles. The molecule has 3 N–H and O–H groups in total. The Morgan fingerprint density at radius 2 is 1.95 bits per heavy atom. The molecule has 1 aromatic carbocycles. The van der Waals surface area contributed by atoms with E-state index in [1.165, 1.54) is 23.4 Å². The van der Waals surface area contributed by atoms with Crippen LogP contribution >= 0.6 is 11.8 Å². The first-order valence-electron chi connectivity index (χ1n) is 7.06. The van der Waals surface area contributed by atoms with E-state index in [0.717, 1.165) is 12.0 Å². The minimum absolute atomic E-state index is 0.00326. The van der Waals surface area contributed by atoms with Gasteiger partial charge in [0.25, 0.3) is 5.56 Å². The maximum Gasteiger partial charge on any atom is 0.251 e. The summed E-state index contributed by atoms with van der Waals surface area (Å²) >= 11 is 1.52. The number of rotatable bonds is 5. The van der Waals surface area contributed by atoms with Crippen LogP contribution in [-0.2, 0) is 0 Å². The van der Waals surface area contributed by atoms with E-state index >= 15 is 0 Å². The zero-order valence-corrected chi connectivity index (χ0v) is 13.4. The average molecular weight is 303 g/mol. The van der Waals surface area contributed by atoms with E-state index in [0.29, 0.717) is 10.9 Å². The molecule has 0 bridgehead atoms. The Kier molecular flexibility index (Phi) is 5.20. The molecule has 112 valence electrons. The minimum Gasteiger partial charge on any atom is -0.326 e. The van der Waals surface area contributed by atoms with Gasteiger partial charge in [-0.15, -0.1) is 0 Å². The van der Waals surface area contributed by atoms with Crippen LogP contribution in [-0.4, -0.2) is 16.0 Å². The average Bonchev–Trinajstić information content (AvgIpc) is 2.44. The molecular formula is C16H21N3OS. The summed E-state index contributed by atoms with van der Waals surface area (Å²) in [4.78, 5) is 18.7. The van der Waals surface area contributed by atoms with Crippen LogP contribution in [0.4, 0.5) is 0 Å². The van der Waals surface area contributed by atoms with Gasteiger partial charge in [-0.05, 0) is 25.8 Å². The number of nitrogens with two attached hydrogens (primary N) is 1. The van der Waals surface area contributed by atoms with Crippen LogP contribution in [0.2, 0.25) is 0 Å². The fourth-order valence-corrected chi connectivity index (χ4v) is 3.36. The van der Waals surface area contributed by atoms with Gasteiger partial charge in [-0.1, -0.05) is 48.5 Å². The molecule has 2 rings (SSSR count). The van der Waals surface area contributed by atoms with Gasteiger partial charge in [-0.2, -0.15) is 0 Å². The van der Waals surface area contributed by atoms with E-state index in [4.69, 9.17) is 5.73 Å². The first-order valence-corrected chi connectivity index (χ1v) is 7.94. The van der Waals surface area contributed by atoms with Crippen molar-refractivity contribution in [2.24, 2.45) is 5.73 Å². The highest BCUT2D eigenvalue weighted by atomic mass is 32.2. The first-order chi connectivity index (χ1) is 9.99. The molecule has 2 atom stereocenters. The molecule has 0 spiro atoms. The van der Waals surface area contributed by atoms with Gasteiger partial charge in [-0.3, -0.25) is 4.79 Å². The molecule has 2 aromatic rings. The molecule has 5 heteroatoms. The summed E-state index contributed by atoms with van der Waals surface area (Å²) in [6.07, 6.45) is 0.863. The van der Waals surface area contributed by atoms with Crippen LogP contribution < -0.4 is 11.3 Å². The number of hydrogen-bond acceptors (Lipinski definition) is 4. The second kappa shape index (κ2) is 6.91. The largest absolute Gasteiger partial charge is 0.326 e. The Bertz CT molecular complexity index is 651. The smallest absolute Gasteiger partial charge is 0.251 e. The second-order valence-electron chi connectivity index (χ2n) is 5.21. The first kappa shape index (κ1) is 15.8. The number of aromatic amines is 1. The SMILES string of the molecule is CCC(N)C(Sc1nc(C)cc(=O)[nH]1)c1ccc(C)cc1. The quantitative estimate of drug-likeness (QED) is 0.658. The van der Waals surface area contributed by atoms with Crippen molar-refractivity contribution in [3.05, 3.63) is 57.5 Å². The van der Waals surface area contributed by atoms with Crippen molar-refractivity contribution in [1.82, 2.24) is 9.97 Å². The standard InChI is InChI=1S/C16H21N3OS/c1-4-13(17)15(12-7-5-10(2)6-8-12)21-16-18-11(3)9-14(20)19-16/h5-9,13,15H,4,17H2,1-3H3,(H,18,19,20). The monoisotopic (exact) mass is 303 g/mol. The van der Waals surface area contributed by atoms with Gasteiger partial charge < -0.3 is 10.7 Å². The van der Waals surface area contributed by atoms with E-state index < -0.39 is 0 Å². The number of H-pyrrole nitrogens is 1. The van der Waals surface area contributed by atoms with Gasteiger partial charge in [0, 0.05) is 17.8 Å². The van der Waals surface area contributed by atoms with Gasteiger partial charge >= 0.3 is 0 Å². The van der Waals surface area contributed by atoms with Crippen LogP contribution in [0, 0.1) is 13.8 Å². The molecule has 0 saturated carbocycles. The van der Waals surface area contributed by atoms with Crippen molar-refractivity contribution >= 4 is 11.8 Å². The number of aryl methyl sites for hydroxylation is 2. The van der Waals surface area contributed by atoms with Crippen LogP contribution in [0.5, 0.6) is 0 Å². The van der Waals surface area contributed by atoms with Gasteiger partial charge in [0.1, 0.15) is 0 Å². The molecule has 1 heterocycles. The molecule has 0 aliphatic carbocycles. The fraction of sp³-hybridized carbons (Fsp3) is 0.375. The molecule has 0 radical (unpaired) electrons. The normalized spacial score (nSPS) is 13.9. The van der Waals surface area contributed by atoms with Crippen LogP contribution in [0.3, 0.4) is 0 Å². The number of hydrogen-bond donors (Lipinski definition) is 2. The third-order valence-corrected chi connectivity index (χ3v) is 4.65. The lowest BCUT2D eigenvalue weighted by atomic mass is 10.0.